The Labute approximate surface area is 182 Å². The number of carbonyl (C=O) groups is 1. The van der Waals surface area contributed by atoms with Crippen LogP contribution in [0, 0.1) is 10.1 Å². The lowest BCUT2D eigenvalue weighted by Gasteiger charge is -2.29. The molecule has 2 aliphatic rings. The molecule has 150 valence electrons. The SMILES string of the molecule is O=C1C(=Cc2ccc(-c3ccc([N+](=O)[O-])cc3Cl)o2)SC(=S)N1C1CCCCC1. The molecule has 0 N–H and O–H groups in total. The zero-order chi connectivity index (χ0) is 20.5. The van der Waals surface area contributed by atoms with Gasteiger partial charge in [0.2, 0.25) is 0 Å². The molecule has 2 fully saturated rings. The molecule has 4 rings (SSSR count). The average Bonchev–Trinajstić information content (AvgIpc) is 3.27. The smallest absolute Gasteiger partial charge is 0.270 e. The standard InChI is InChI=1S/C20H17ClN2O4S2/c21-16-10-13(23(25)26)6-8-15(16)17-9-7-14(27-17)11-18-19(24)22(20(28)29-18)12-4-2-1-3-5-12/h6-12H,1-5H2. The quantitative estimate of drug-likeness (QED) is 0.245. The number of benzene rings is 1. The molecule has 2 heterocycles. The van der Waals surface area contributed by atoms with Gasteiger partial charge in [-0.15, -0.1) is 0 Å². The summed E-state index contributed by atoms with van der Waals surface area (Å²) in [4.78, 5) is 25.5. The van der Waals surface area contributed by atoms with Crippen molar-refractivity contribution in [3.63, 3.8) is 0 Å². The number of non-ortho nitro benzene ring substituents is 1. The molecule has 9 heteroatoms. The molecule has 1 saturated heterocycles. The number of furan rings is 1. The van der Waals surface area contributed by atoms with E-state index in [0.717, 1.165) is 25.7 Å². The fourth-order valence-corrected chi connectivity index (χ4v) is 5.30. The first-order chi connectivity index (χ1) is 13.9. The molecule has 1 saturated carbocycles. The number of thiocarbonyl (C=S) groups is 1. The first kappa shape index (κ1) is 20.1. The second-order valence-electron chi connectivity index (χ2n) is 6.97. The van der Waals surface area contributed by atoms with Gasteiger partial charge in [-0.3, -0.25) is 19.8 Å². The normalized spacial score (nSPS) is 19.3. The minimum Gasteiger partial charge on any atom is -0.457 e. The van der Waals surface area contributed by atoms with E-state index in [-0.39, 0.29) is 22.7 Å². The van der Waals surface area contributed by atoms with Crippen LogP contribution in [-0.2, 0) is 4.79 Å². The monoisotopic (exact) mass is 448 g/mol. The van der Waals surface area contributed by atoms with Crippen molar-refractivity contribution in [3.05, 3.63) is 56.1 Å². The number of nitrogens with zero attached hydrogens (tertiary/aromatic N) is 2. The summed E-state index contributed by atoms with van der Waals surface area (Å²) in [5, 5.41) is 11.1. The molecule has 0 bridgehead atoms. The van der Waals surface area contributed by atoms with E-state index in [4.69, 9.17) is 28.2 Å². The summed E-state index contributed by atoms with van der Waals surface area (Å²) in [6, 6.07) is 7.85. The van der Waals surface area contributed by atoms with E-state index in [0.29, 0.717) is 26.3 Å². The van der Waals surface area contributed by atoms with Crippen LogP contribution in [0.5, 0.6) is 0 Å². The van der Waals surface area contributed by atoms with Gasteiger partial charge in [-0.2, -0.15) is 0 Å². The molecule has 0 spiro atoms. The summed E-state index contributed by atoms with van der Waals surface area (Å²) in [6.07, 6.45) is 7.12. The Balaban J connectivity index is 1.56. The first-order valence-corrected chi connectivity index (χ1v) is 10.9. The number of nitro benzene ring substituents is 1. The van der Waals surface area contributed by atoms with Crippen LogP contribution in [-0.4, -0.2) is 26.1 Å². The zero-order valence-corrected chi connectivity index (χ0v) is 17.7. The maximum absolute atomic E-state index is 12.9. The van der Waals surface area contributed by atoms with Gasteiger partial charge in [-0.1, -0.05) is 54.8 Å². The molecule has 0 unspecified atom stereocenters. The lowest BCUT2D eigenvalue weighted by molar-refractivity contribution is -0.384. The van der Waals surface area contributed by atoms with Gasteiger partial charge in [0, 0.05) is 29.8 Å². The zero-order valence-electron chi connectivity index (χ0n) is 15.3. The van der Waals surface area contributed by atoms with E-state index in [9.17, 15) is 14.9 Å². The van der Waals surface area contributed by atoms with Crippen LogP contribution in [0.1, 0.15) is 37.9 Å². The highest BCUT2D eigenvalue weighted by Gasteiger charge is 2.37. The average molecular weight is 449 g/mol. The van der Waals surface area contributed by atoms with Gasteiger partial charge >= 0.3 is 0 Å². The van der Waals surface area contributed by atoms with Crippen molar-refractivity contribution in [1.82, 2.24) is 4.90 Å². The summed E-state index contributed by atoms with van der Waals surface area (Å²) in [7, 11) is 0. The van der Waals surface area contributed by atoms with E-state index >= 15 is 0 Å². The van der Waals surface area contributed by atoms with Crippen LogP contribution in [0.2, 0.25) is 5.02 Å². The Kier molecular flexibility index (Phi) is 5.76. The molecule has 29 heavy (non-hydrogen) atoms. The number of rotatable bonds is 4. The van der Waals surface area contributed by atoms with Crippen LogP contribution in [0.15, 0.2) is 39.7 Å². The first-order valence-electron chi connectivity index (χ1n) is 9.25. The maximum atomic E-state index is 12.9. The number of hydrogen-bond donors (Lipinski definition) is 0. The molecule has 0 radical (unpaired) electrons. The molecule has 1 amide bonds. The predicted octanol–water partition coefficient (Wildman–Crippen LogP) is 6.04. The van der Waals surface area contributed by atoms with Crippen molar-refractivity contribution in [3.8, 4) is 11.3 Å². The van der Waals surface area contributed by atoms with Crippen molar-refractivity contribution in [2.75, 3.05) is 0 Å². The van der Waals surface area contributed by atoms with Gasteiger partial charge in [0.15, 0.2) is 0 Å². The van der Waals surface area contributed by atoms with Crippen molar-refractivity contribution >= 4 is 57.6 Å². The summed E-state index contributed by atoms with van der Waals surface area (Å²) in [5.41, 5.74) is 0.462. The summed E-state index contributed by atoms with van der Waals surface area (Å²) in [5.74, 6) is 0.899. The third-order valence-corrected chi connectivity index (χ3v) is 6.74. The number of halogens is 1. The summed E-state index contributed by atoms with van der Waals surface area (Å²) < 4.78 is 6.41. The topological polar surface area (TPSA) is 76.6 Å². The van der Waals surface area contributed by atoms with E-state index in [1.807, 2.05) is 0 Å². The Hall–Kier alpha value is -2.16. The highest BCUT2D eigenvalue weighted by Crippen LogP contribution is 2.38. The van der Waals surface area contributed by atoms with Gasteiger partial charge < -0.3 is 4.42 Å². The molecule has 2 aromatic rings. The maximum Gasteiger partial charge on any atom is 0.270 e. The van der Waals surface area contributed by atoms with Crippen molar-refractivity contribution < 1.29 is 14.1 Å². The number of hydrogen-bond acceptors (Lipinski definition) is 6. The minimum absolute atomic E-state index is 0.0711. The van der Waals surface area contributed by atoms with E-state index in [1.54, 1.807) is 29.2 Å². The van der Waals surface area contributed by atoms with Crippen molar-refractivity contribution in [1.29, 1.82) is 0 Å². The molecular formula is C20H17ClN2O4S2. The Morgan fingerprint density at radius 1 is 1.24 bits per heavy atom. The summed E-state index contributed by atoms with van der Waals surface area (Å²) in [6.45, 7) is 0. The second kappa shape index (κ2) is 8.30. The van der Waals surface area contributed by atoms with Crippen LogP contribution < -0.4 is 0 Å². The molecule has 1 aromatic carbocycles. The van der Waals surface area contributed by atoms with E-state index in [1.165, 1.54) is 30.3 Å². The number of carbonyl (C=O) groups excluding carboxylic acids is 1. The van der Waals surface area contributed by atoms with Gasteiger partial charge in [0.05, 0.1) is 14.9 Å². The highest BCUT2D eigenvalue weighted by atomic mass is 35.5. The second-order valence-corrected chi connectivity index (χ2v) is 9.05. The lowest BCUT2D eigenvalue weighted by Crippen LogP contribution is -2.39. The van der Waals surface area contributed by atoms with Gasteiger partial charge in [-0.05, 0) is 31.0 Å². The van der Waals surface area contributed by atoms with Gasteiger partial charge in [0.25, 0.3) is 11.6 Å². The lowest BCUT2D eigenvalue weighted by atomic mass is 9.94. The van der Waals surface area contributed by atoms with Gasteiger partial charge in [-0.25, -0.2) is 0 Å². The fourth-order valence-electron chi connectivity index (χ4n) is 3.66. The van der Waals surface area contributed by atoms with Crippen LogP contribution >= 0.6 is 35.6 Å². The molecular weight excluding hydrogens is 432 g/mol. The summed E-state index contributed by atoms with van der Waals surface area (Å²) >= 11 is 12.9. The van der Waals surface area contributed by atoms with Crippen molar-refractivity contribution in [2.24, 2.45) is 0 Å². The largest absolute Gasteiger partial charge is 0.457 e. The Morgan fingerprint density at radius 3 is 2.69 bits per heavy atom. The van der Waals surface area contributed by atoms with Crippen LogP contribution in [0.3, 0.4) is 0 Å². The Morgan fingerprint density at radius 2 is 2.00 bits per heavy atom. The number of thioether (sulfide) groups is 1. The van der Waals surface area contributed by atoms with E-state index in [2.05, 4.69) is 0 Å². The van der Waals surface area contributed by atoms with E-state index < -0.39 is 4.92 Å². The van der Waals surface area contributed by atoms with Crippen LogP contribution in [0.25, 0.3) is 17.4 Å². The molecule has 0 atom stereocenters. The minimum atomic E-state index is -0.502. The third kappa shape index (κ3) is 4.10. The fraction of sp³-hybridized carbons (Fsp3) is 0.300. The molecule has 1 aliphatic carbocycles. The Bertz CT molecular complexity index is 1030. The number of nitro groups is 1. The highest BCUT2D eigenvalue weighted by molar-refractivity contribution is 8.26. The van der Waals surface area contributed by atoms with Crippen molar-refractivity contribution in [2.45, 2.75) is 38.1 Å². The molecule has 1 aliphatic heterocycles. The van der Waals surface area contributed by atoms with Gasteiger partial charge in [0.1, 0.15) is 15.8 Å². The predicted molar refractivity (Wildman–Crippen MR) is 118 cm³/mol. The van der Waals surface area contributed by atoms with Crippen LogP contribution in [0.4, 0.5) is 5.69 Å². The number of amides is 1. The third-order valence-electron chi connectivity index (χ3n) is 5.09. The molecule has 1 aromatic heterocycles. The molecule has 6 nitrogen and oxygen atoms in total.